The number of piperidine rings is 1. The van der Waals surface area contributed by atoms with E-state index in [0.29, 0.717) is 25.2 Å². The lowest BCUT2D eigenvalue weighted by Crippen LogP contribution is -2.51. The Bertz CT molecular complexity index is 539. The lowest BCUT2D eigenvalue weighted by Gasteiger charge is -2.37. The maximum atomic E-state index is 13.5. The molecule has 23 heavy (non-hydrogen) atoms. The fourth-order valence-electron chi connectivity index (χ4n) is 2.92. The molecule has 1 amide bonds. The van der Waals surface area contributed by atoms with Gasteiger partial charge in [-0.3, -0.25) is 9.69 Å². The van der Waals surface area contributed by atoms with Crippen LogP contribution in [0.25, 0.3) is 0 Å². The van der Waals surface area contributed by atoms with Crippen molar-refractivity contribution in [3.05, 3.63) is 35.1 Å². The Kier molecular flexibility index (Phi) is 6.50. The number of hydrogen-bond donors (Lipinski definition) is 2. The molecule has 1 heterocycles. The summed E-state index contributed by atoms with van der Waals surface area (Å²) in [5, 5.41) is 2.84. The van der Waals surface area contributed by atoms with Gasteiger partial charge < -0.3 is 15.8 Å². The summed E-state index contributed by atoms with van der Waals surface area (Å²) in [6.07, 6.45) is 1.98. The molecule has 5 nitrogen and oxygen atoms in total. The molecule has 0 aliphatic carbocycles. The molecule has 0 aromatic heterocycles. The van der Waals surface area contributed by atoms with Crippen molar-refractivity contribution in [3.8, 4) is 0 Å². The lowest BCUT2D eigenvalue weighted by molar-refractivity contribution is -0.124. The van der Waals surface area contributed by atoms with Crippen LogP contribution in [0.4, 0.5) is 4.39 Å². The number of ether oxygens (including phenoxy) is 1. The van der Waals surface area contributed by atoms with Crippen molar-refractivity contribution in [1.29, 1.82) is 0 Å². The van der Waals surface area contributed by atoms with Gasteiger partial charge in [-0.05, 0) is 37.0 Å². The molecule has 1 aliphatic heterocycles. The van der Waals surface area contributed by atoms with Crippen LogP contribution in [-0.4, -0.2) is 49.7 Å². The number of likely N-dealkylation sites (tertiary alicyclic amines) is 1. The van der Waals surface area contributed by atoms with Crippen molar-refractivity contribution < 1.29 is 13.9 Å². The van der Waals surface area contributed by atoms with Crippen LogP contribution in [0.5, 0.6) is 0 Å². The first-order valence-electron chi connectivity index (χ1n) is 8.02. The summed E-state index contributed by atoms with van der Waals surface area (Å²) in [5.74, 6) is -0.318. The molecule has 3 N–H and O–H groups in total. The van der Waals surface area contributed by atoms with Gasteiger partial charge in [-0.25, -0.2) is 4.39 Å². The van der Waals surface area contributed by atoms with Gasteiger partial charge in [-0.2, -0.15) is 0 Å². The van der Waals surface area contributed by atoms with Gasteiger partial charge in [-0.1, -0.05) is 12.1 Å². The third-order valence-corrected chi connectivity index (χ3v) is 4.47. The van der Waals surface area contributed by atoms with Crippen LogP contribution in [0.3, 0.4) is 0 Å². The SMILES string of the molecule is COC1CCN(CC(=O)NCc2ccc(C)c(F)c2)C(CN)C1. The number of nitrogens with two attached hydrogens (primary N) is 1. The number of carbonyl (C=O) groups excluding carboxylic acids is 1. The topological polar surface area (TPSA) is 67.6 Å². The molecule has 128 valence electrons. The van der Waals surface area contributed by atoms with Crippen LogP contribution in [0, 0.1) is 12.7 Å². The second-order valence-corrected chi connectivity index (χ2v) is 6.10. The van der Waals surface area contributed by atoms with E-state index in [4.69, 9.17) is 10.5 Å². The number of benzene rings is 1. The van der Waals surface area contributed by atoms with Crippen LogP contribution in [0.15, 0.2) is 18.2 Å². The van der Waals surface area contributed by atoms with E-state index in [1.54, 1.807) is 20.1 Å². The first-order valence-corrected chi connectivity index (χ1v) is 8.02. The Hall–Kier alpha value is -1.50. The maximum absolute atomic E-state index is 13.5. The van der Waals surface area contributed by atoms with Crippen LogP contribution in [-0.2, 0) is 16.1 Å². The monoisotopic (exact) mass is 323 g/mol. The predicted octanol–water partition coefficient (Wildman–Crippen LogP) is 1.19. The van der Waals surface area contributed by atoms with E-state index in [2.05, 4.69) is 10.2 Å². The van der Waals surface area contributed by atoms with Gasteiger partial charge in [0.05, 0.1) is 12.6 Å². The van der Waals surface area contributed by atoms with Crippen molar-refractivity contribution in [1.82, 2.24) is 10.2 Å². The minimum atomic E-state index is -0.249. The van der Waals surface area contributed by atoms with E-state index in [-0.39, 0.29) is 23.9 Å². The third kappa shape index (κ3) is 4.99. The zero-order valence-corrected chi connectivity index (χ0v) is 13.8. The number of aryl methyl sites for hydroxylation is 1. The Morgan fingerprint density at radius 2 is 2.30 bits per heavy atom. The second kappa shape index (κ2) is 8.38. The minimum absolute atomic E-state index is 0.0692. The average molecular weight is 323 g/mol. The molecule has 1 saturated heterocycles. The molecule has 6 heteroatoms. The van der Waals surface area contributed by atoms with Gasteiger partial charge in [0.25, 0.3) is 0 Å². The minimum Gasteiger partial charge on any atom is -0.381 e. The Morgan fingerprint density at radius 1 is 1.52 bits per heavy atom. The molecule has 2 rings (SSSR count). The molecule has 2 atom stereocenters. The van der Waals surface area contributed by atoms with Crippen molar-refractivity contribution in [2.24, 2.45) is 5.73 Å². The summed E-state index contributed by atoms with van der Waals surface area (Å²) in [6, 6.07) is 5.17. The number of nitrogens with one attached hydrogen (secondary N) is 1. The van der Waals surface area contributed by atoms with Crippen molar-refractivity contribution in [3.63, 3.8) is 0 Å². The van der Waals surface area contributed by atoms with Gasteiger partial charge >= 0.3 is 0 Å². The standard InChI is InChI=1S/C17H26FN3O2/c1-12-3-4-13(7-16(12)18)10-20-17(22)11-21-6-5-15(23-2)8-14(21)9-19/h3-4,7,14-15H,5-6,8-11,19H2,1-2H3,(H,20,22). The molecule has 1 aromatic rings. The Morgan fingerprint density at radius 3 is 2.96 bits per heavy atom. The molecule has 0 radical (unpaired) electrons. The maximum Gasteiger partial charge on any atom is 0.234 e. The van der Waals surface area contributed by atoms with Gasteiger partial charge in [0.1, 0.15) is 5.82 Å². The van der Waals surface area contributed by atoms with Gasteiger partial charge in [0.2, 0.25) is 5.91 Å². The zero-order chi connectivity index (χ0) is 16.8. The van der Waals surface area contributed by atoms with E-state index in [0.717, 1.165) is 24.9 Å². The highest BCUT2D eigenvalue weighted by atomic mass is 19.1. The summed E-state index contributed by atoms with van der Waals surface area (Å²) in [5.41, 5.74) is 7.17. The fraction of sp³-hybridized carbons (Fsp3) is 0.588. The molecular weight excluding hydrogens is 297 g/mol. The summed E-state index contributed by atoms with van der Waals surface area (Å²) in [7, 11) is 1.71. The Balaban J connectivity index is 1.83. The third-order valence-electron chi connectivity index (χ3n) is 4.47. The van der Waals surface area contributed by atoms with Crippen molar-refractivity contribution >= 4 is 5.91 Å². The van der Waals surface area contributed by atoms with Crippen molar-refractivity contribution in [2.45, 2.75) is 38.5 Å². The number of hydrogen-bond acceptors (Lipinski definition) is 4. The van der Waals surface area contributed by atoms with Gasteiger partial charge in [0.15, 0.2) is 0 Å². The highest BCUT2D eigenvalue weighted by Gasteiger charge is 2.28. The van der Waals surface area contributed by atoms with Crippen LogP contribution in [0.2, 0.25) is 0 Å². The molecule has 0 bridgehead atoms. The number of carbonyl (C=O) groups is 1. The van der Waals surface area contributed by atoms with E-state index in [1.165, 1.54) is 6.07 Å². The van der Waals surface area contributed by atoms with E-state index >= 15 is 0 Å². The molecule has 0 spiro atoms. The van der Waals surface area contributed by atoms with E-state index in [9.17, 15) is 9.18 Å². The largest absolute Gasteiger partial charge is 0.381 e. The Labute approximate surface area is 137 Å². The average Bonchev–Trinajstić information content (AvgIpc) is 2.56. The molecule has 2 unspecified atom stereocenters. The van der Waals surface area contributed by atoms with Crippen molar-refractivity contribution in [2.75, 3.05) is 26.7 Å². The number of nitrogens with zero attached hydrogens (tertiary/aromatic N) is 1. The second-order valence-electron chi connectivity index (χ2n) is 6.10. The van der Waals surface area contributed by atoms with Crippen LogP contribution >= 0.6 is 0 Å². The normalized spacial score (nSPS) is 22.1. The summed E-state index contributed by atoms with van der Waals surface area (Å²) >= 11 is 0. The highest BCUT2D eigenvalue weighted by molar-refractivity contribution is 5.78. The number of amides is 1. The number of halogens is 1. The molecule has 0 saturated carbocycles. The van der Waals surface area contributed by atoms with E-state index in [1.807, 2.05) is 6.07 Å². The fourth-order valence-corrected chi connectivity index (χ4v) is 2.92. The first kappa shape index (κ1) is 17.8. The molecular formula is C17H26FN3O2. The highest BCUT2D eigenvalue weighted by Crippen LogP contribution is 2.18. The zero-order valence-electron chi connectivity index (χ0n) is 13.8. The van der Waals surface area contributed by atoms with Gasteiger partial charge in [-0.15, -0.1) is 0 Å². The predicted molar refractivity (Wildman–Crippen MR) is 87.4 cm³/mol. The summed E-state index contributed by atoms with van der Waals surface area (Å²) in [4.78, 5) is 14.2. The molecule has 1 fully saturated rings. The molecule has 1 aromatic carbocycles. The lowest BCUT2D eigenvalue weighted by atomic mass is 9.99. The van der Waals surface area contributed by atoms with E-state index < -0.39 is 0 Å². The summed E-state index contributed by atoms with van der Waals surface area (Å²) in [6.45, 7) is 3.67. The van der Waals surface area contributed by atoms with Gasteiger partial charge in [0, 0.05) is 32.8 Å². The van der Waals surface area contributed by atoms with Crippen LogP contribution in [0.1, 0.15) is 24.0 Å². The smallest absolute Gasteiger partial charge is 0.234 e. The molecule has 1 aliphatic rings. The first-order chi connectivity index (χ1) is 11.0. The van der Waals surface area contributed by atoms with Crippen LogP contribution < -0.4 is 11.1 Å². The quantitative estimate of drug-likeness (QED) is 0.825. The number of methoxy groups -OCH3 is 1. The summed E-state index contributed by atoms with van der Waals surface area (Å²) < 4.78 is 18.9. The number of rotatable bonds is 6.